The summed E-state index contributed by atoms with van der Waals surface area (Å²) in [5.74, 6) is -9.58. The Hall–Kier alpha value is -6.83. The maximum atomic E-state index is 15.4. The largest absolute Gasteiger partial charge is 0.505 e. The number of imide groups is 1. The number of ketones is 2. The number of halogens is 1. The summed E-state index contributed by atoms with van der Waals surface area (Å²) in [5.41, 5.74) is -2.23. The number of benzene rings is 4. The highest BCUT2D eigenvalue weighted by molar-refractivity contribution is 6.32. The van der Waals surface area contributed by atoms with E-state index in [4.69, 9.17) is 0 Å². The van der Waals surface area contributed by atoms with E-state index in [9.17, 15) is 34.9 Å². The summed E-state index contributed by atoms with van der Waals surface area (Å²) in [6.07, 6.45) is 2.87. The zero-order valence-electron chi connectivity index (χ0n) is 30.0. The normalized spacial score (nSPS) is 25.5. The number of nitro benzene ring substituents is 2. The molecule has 4 aromatic rings. The van der Waals surface area contributed by atoms with Crippen molar-refractivity contribution in [2.24, 2.45) is 23.7 Å². The third-order valence-electron chi connectivity index (χ3n) is 11.9. The van der Waals surface area contributed by atoms with Gasteiger partial charge in [-0.1, -0.05) is 84.4 Å². The number of aromatic hydroxyl groups is 1. The number of hydrogen-bond donors (Lipinski definition) is 1. The molecule has 282 valence electrons. The van der Waals surface area contributed by atoms with Crippen LogP contribution in [-0.4, -0.2) is 52.4 Å². The zero-order valence-corrected chi connectivity index (χ0v) is 30.0. The average Bonchev–Trinajstić information content (AvgIpc) is 3.45. The van der Waals surface area contributed by atoms with Gasteiger partial charge in [-0.05, 0) is 42.0 Å². The molecule has 4 aromatic carbocycles. The number of Topliss-reactive ketones (excluding diaryl/α,β-unsaturated/α-hetero) is 1. The molecule has 8 rings (SSSR count). The summed E-state index contributed by atoms with van der Waals surface area (Å²) < 4.78 is 15.4. The molecule has 0 radical (unpaired) electrons. The van der Waals surface area contributed by atoms with Gasteiger partial charge in [0.05, 0.1) is 32.8 Å². The van der Waals surface area contributed by atoms with Gasteiger partial charge in [0, 0.05) is 49.2 Å². The Labute approximate surface area is 318 Å². The van der Waals surface area contributed by atoms with Crippen LogP contribution in [-0.2, 0) is 24.6 Å². The number of amides is 2. The van der Waals surface area contributed by atoms with Gasteiger partial charge < -0.3 is 10.0 Å². The third-order valence-corrected chi connectivity index (χ3v) is 11.9. The van der Waals surface area contributed by atoms with E-state index in [1.54, 1.807) is 66.7 Å². The Bertz CT molecular complexity index is 2430. The van der Waals surface area contributed by atoms with Crippen LogP contribution in [0.3, 0.4) is 0 Å². The predicted octanol–water partition coefficient (Wildman–Crippen LogP) is 6.44. The fraction of sp³-hybridized carbons (Fsp3) is 0.238. The Balaban J connectivity index is 1.34. The first kappa shape index (κ1) is 36.2. The number of carbonyl (C=O) groups is 4. The highest BCUT2D eigenvalue weighted by Crippen LogP contribution is 2.64. The molecule has 0 aromatic heterocycles. The topological polar surface area (TPSA) is 181 Å². The summed E-state index contributed by atoms with van der Waals surface area (Å²) in [6.45, 7) is 0. The molecule has 1 heterocycles. The number of nitro groups is 2. The highest BCUT2D eigenvalue weighted by Gasteiger charge is 2.66. The number of fused-ring (bicyclic) bond motifs is 4. The van der Waals surface area contributed by atoms with Crippen molar-refractivity contribution in [3.63, 3.8) is 0 Å². The number of phenols is 1. The summed E-state index contributed by atoms with van der Waals surface area (Å²) in [6, 6.07) is 23.1. The number of carbonyl (C=O) groups excluding carboxylic acids is 4. The van der Waals surface area contributed by atoms with Gasteiger partial charge in [-0.2, -0.15) is 0 Å². The molecule has 6 atom stereocenters. The van der Waals surface area contributed by atoms with Crippen LogP contribution < -0.4 is 9.80 Å². The number of nitrogens with zero attached hydrogens (tertiary/aromatic N) is 4. The smallest absolute Gasteiger partial charge is 0.301 e. The predicted molar refractivity (Wildman–Crippen MR) is 201 cm³/mol. The second kappa shape index (κ2) is 13.2. The molecule has 3 aliphatic carbocycles. The summed E-state index contributed by atoms with van der Waals surface area (Å²) >= 11 is 0. The van der Waals surface area contributed by atoms with Crippen LogP contribution in [0, 0.1) is 49.7 Å². The lowest BCUT2D eigenvalue weighted by atomic mass is 9.44. The first-order valence-corrected chi connectivity index (χ1v) is 17.9. The molecule has 14 heteroatoms. The van der Waals surface area contributed by atoms with Gasteiger partial charge in [0.2, 0.25) is 11.8 Å². The molecule has 1 N–H and O–H groups in total. The first-order valence-electron chi connectivity index (χ1n) is 17.9. The van der Waals surface area contributed by atoms with Crippen LogP contribution in [0.25, 0.3) is 5.57 Å². The molecule has 2 fully saturated rings. The fourth-order valence-electron chi connectivity index (χ4n) is 9.69. The lowest BCUT2D eigenvalue weighted by Gasteiger charge is -2.55. The van der Waals surface area contributed by atoms with Crippen molar-refractivity contribution >= 4 is 51.7 Å². The van der Waals surface area contributed by atoms with E-state index in [-0.39, 0.29) is 35.4 Å². The van der Waals surface area contributed by atoms with Gasteiger partial charge >= 0.3 is 11.4 Å². The van der Waals surface area contributed by atoms with E-state index >= 15 is 14.0 Å². The molecular weight excluding hydrogens is 723 g/mol. The Kier molecular flexibility index (Phi) is 8.51. The van der Waals surface area contributed by atoms with Gasteiger partial charge in [-0.25, -0.2) is 9.29 Å². The third kappa shape index (κ3) is 5.12. The van der Waals surface area contributed by atoms with Crippen molar-refractivity contribution in [2.45, 2.75) is 24.2 Å². The molecule has 0 unspecified atom stereocenters. The van der Waals surface area contributed by atoms with Crippen LogP contribution in [0.15, 0.2) is 109 Å². The minimum atomic E-state index is -1.72. The Morgan fingerprint density at radius 2 is 1.46 bits per heavy atom. The number of anilines is 2. The standard InChI is InChI=1S/C42H33FN4O9/c1-44(2)37-32(46(53)54)18-24(19-33(37)47(55)56)45-40(51)26-17-16-25-29(35(26)41(45)52)20-30-38(49)28(22-10-5-3-6-11-22)21-34(48)42(30,23-12-7-4-8-13-23)36(25)27-14-9-15-31(43)39(27)50/h3-16,18-19,21,26,29-30,35-36,50H,17,20H2,1-2H3/t26-,29+,30-,35-,36+,42-/m0/s1. The maximum Gasteiger partial charge on any atom is 0.301 e. The van der Waals surface area contributed by atoms with E-state index in [0.29, 0.717) is 16.7 Å². The number of para-hydroxylation sites is 1. The average molecular weight is 757 g/mol. The molecule has 0 spiro atoms. The second-order valence-electron chi connectivity index (χ2n) is 14.7. The Morgan fingerprint density at radius 1 is 0.839 bits per heavy atom. The van der Waals surface area contributed by atoms with Gasteiger partial charge in [-0.15, -0.1) is 0 Å². The number of hydrogen-bond acceptors (Lipinski definition) is 10. The second-order valence-corrected chi connectivity index (χ2v) is 14.7. The quantitative estimate of drug-likeness (QED) is 0.0954. The van der Waals surface area contributed by atoms with Crippen molar-refractivity contribution < 1.29 is 38.5 Å². The van der Waals surface area contributed by atoms with Crippen LogP contribution in [0.4, 0.5) is 27.1 Å². The van der Waals surface area contributed by atoms with E-state index in [1.807, 2.05) is 0 Å². The molecule has 1 saturated heterocycles. The van der Waals surface area contributed by atoms with Crippen LogP contribution in [0.2, 0.25) is 0 Å². The van der Waals surface area contributed by atoms with Crippen molar-refractivity contribution in [1.82, 2.24) is 0 Å². The van der Waals surface area contributed by atoms with Gasteiger partial charge in [-0.3, -0.25) is 39.4 Å². The van der Waals surface area contributed by atoms with E-state index in [0.717, 1.165) is 23.1 Å². The maximum absolute atomic E-state index is 15.4. The van der Waals surface area contributed by atoms with E-state index < -0.39 is 91.2 Å². The summed E-state index contributed by atoms with van der Waals surface area (Å²) in [4.78, 5) is 83.9. The number of rotatable bonds is 7. The Morgan fingerprint density at radius 3 is 2.07 bits per heavy atom. The molecule has 0 bridgehead atoms. The van der Waals surface area contributed by atoms with Crippen molar-refractivity contribution in [2.75, 3.05) is 23.9 Å². The number of allylic oxidation sites excluding steroid dienone is 4. The molecule has 2 amide bonds. The van der Waals surface area contributed by atoms with Gasteiger partial charge in [0.1, 0.15) is 0 Å². The van der Waals surface area contributed by atoms with Crippen molar-refractivity contribution in [3.8, 4) is 5.75 Å². The minimum Gasteiger partial charge on any atom is -0.505 e. The molecule has 4 aliphatic rings. The van der Waals surface area contributed by atoms with E-state index in [1.165, 1.54) is 37.2 Å². The molecule has 56 heavy (non-hydrogen) atoms. The molecule has 1 saturated carbocycles. The van der Waals surface area contributed by atoms with Gasteiger partial charge in [0.15, 0.2) is 28.8 Å². The van der Waals surface area contributed by atoms with Gasteiger partial charge in [0.25, 0.3) is 0 Å². The van der Waals surface area contributed by atoms with Crippen LogP contribution in [0.5, 0.6) is 5.75 Å². The molecule has 13 nitrogen and oxygen atoms in total. The summed E-state index contributed by atoms with van der Waals surface area (Å²) in [7, 11) is 2.79. The van der Waals surface area contributed by atoms with Crippen LogP contribution in [0.1, 0.15) is 35.4 Å². The summed E-state index contributed by atoms with van der Waals surface area (Å²) in [5, 5.41) is 35.8. The molecular formula is C42H33FN4O9. The molecule has 1 aliphatic heterocycles. The monoisotopic (exact) mass is 756 g/mol. The zero-order chi connectivity index (χ0) is 39.8. The van der Waals surface area contributed by atoms with Crippen molar-refractivity contribution in [1.29, 1.82) is 0 Å². The first-order chi connectivity index (χ1) is 26.8. The highest BCUT2D eigenvalue weighted by atomic mass is 19.1. The fourth-order valence-corrected chi connectivity index (χ4v) is 9.69. The lowest BCUT2D eigenvalue weighted by molar-refractivity contribution is -0.392. The lowest BCUT2D eigenvalue weighted by Crippen LogP contribution is -2.58. The number of phenolic OH excluding ortho intramolecular Hbond substituents is 1. The van der Waals surface area contributed by atoms with E-state index in [2.05, 4.69) is 0 Å². The van der Waals surface area contributed by atoms with Crippen molar-refractivity contribution in [3.05, 3.63) is 151 Å². The minimum absolute atomic E-state index is 0.0186. The SMILES string of the molecule is CN(C)c1c([N+](=O)[O-])cc(N2C(=O)[C@H]3[C@H](CC=C4[C@H]3C[C@H]3C(=O)C(c5ccccc5)=CC(=O)[C@@]3(c3ccccc3)[C@H]4c3cccc(F)c3O)C2=O)cc1[N+](=O)[O-]. The van der Waals surface area contributed by atoms with Crippen LogP contribution >= 0.6 is 0 Å².